The van der Waals surface area contributed by atoms with E-state index >= 15 is 0 Å². The number of pyridine rings is 1. The third-order valence-corrected chi connectivity index (χ3v) is 7.30. The van der Waals surface area contributed by atoms with Crippen molar-refractivity contribution in [1.82, 2.24) is 4.98 Å². The van der Waals surface area contributed by atoms with Gasteiger partial charge in [-0.15, -0.1) is 0 Å². The number of nitriles is 1. The van der Waals surface area contributed by atoms with E-state index in [1.54, 1.807) is 29.2 Å². The molecule has 0 aliphatic heterocycles. The summed E-state index contributed by atoms with van der Waals surface area (Å²) < 4.78 is 88.9. The van der Waals surface area contributed by atoms with Crippen LogP contribution in [0, 0.1) is 11.3 Å². The number of rotatable bonds is 8. The quantitative estimate of drug-likeness (QED) is 0.176. The van der Waals surface area contributed by atoms with Crippen molar-refractivity contribution in [1.29, 1.82) is 5.26 Å². The first-order valence-electron chi connectivity index (χ1n) is 13.1. The van der Waals surface area contributed by atoms with Gasteiger partial charge in [-0.1, -0.05) is 26.0 Å². The Morgan fingerprint density at radius 1 is 0.860 bits per heavy atom. The van der Waals surface area contributed by atoms with Crippen molar-refractivity contribution >= 4 is 21.7 Å². The lowest BCUT2D eigenvalue weighted by atomic mass is 9.92. The van der Waals surface area contributed by atoms with Crippen molar-refractivity contribution < 1.29 is 31.1 Å². The van der Waals surface area contributed by atoms with Gasteiger partial charge < -0.3 is 9.64 Å². The largest absolute Gasteiger partial charge is 0.496 e. The molecule has 0 bridgehead atoms. The average molecular weight is 662 g/mol. The van der Waals surface area contributed by atoms with Gasteiger partial charge >= 0.3 is 12.4 Å². The molecule has 0 spiro atoms. The minimum Gasteiger partial charge on any atom is -0.496 e. The van der Waals surface area contributed by atoms with Crippen molar-refractivity contribution in [2.24, 2.45) is 0 Å². The van der Waals surface area contributed by atoms with E-state index in [-0.39, 0.29) is 35.7 Å². The Balaban J connectivity index is 1.90. The highest BCUT2D eigenvalue weighted by atomic mass is 79.9. The van der Waals surface area contributed by atoms with Crippen LogP contribution in [0.25, 0.3) is 11.1 Å². The van der Waals surface area contributed by atoms with Gasteiger partial charge in [-0.2, -0.15) is 31.6 Å². The first-order chi connectivity index (χ1) is 20.2. The van der Waals surface area contributed by atoms with Gasteiger partial charge in [0.25, 0.3) is 0 Å². The number of hydrogen-bond donors (Lipinski definition) is 0. The van der Waals surface area contributed by atoms with Crippen LogP contribution in [0.4, 0.5) is 32.2 Å². The van der Waals surface area contributed by atoms with Gasteiger partial charge in [0, 0.05) is 29.3 Å². The van der Waals surface area contributed by atoms with Crippen LogP contribution in [-0.4, -0.2) is 12.1 Å². The van der Waals surface area contributed by atoms with E-state index < -0.39 is 23.5 Å². The highest BCUT2D eigenvalue weighted by Gasteiger charge is 2.33. The van der Waals surface area contributed by atoms with Crippen LogP contribution in [-0.2, 0) is 25.4 Å². The summed E-state index contributed by atoms with van der Waals surface area (Å²) in [6.07, 6.45) is -7.85. The summed E-state index contributed by atoms with van der Waals surface area (Å²) in [5.74, 6) is 0.891. The fourth-order valence-electron chi connectivity index (χ4n) is 4.67. The number of halogens is 7. The Morgan fingerprint density at radius 3 is 2.16 bits per heavy atom. The normalized spacial score (nSPS) is 11.9. The number of methoxy groups -OCH3 is 1. The van der Waals surface area contributed by atoms with E-state index in [4.69, 9.17) is 4.74 Å². The van der Waals surface area contributed by atoms with Crippen molar-refractivity contribution in [3.05, 3.63) is 111 Å². The van der Waals surface area contributed by atoms with Crippen LogP contribution < -0.4 is 9.64 Å². The molecular weight excluding hydrogens is 636 g/mol. The molecule has 0 radical (unpaired) electrons. The topological polar surface area (TPSA) is 49.1 Å². The number of benzene rings is 3. The molecule has 0 saturated heterocycles. The molecule has 0 saturated carbocycles. The summed E-state index contributed by atoms with van der Waals surface area (Å²) in [6.45, 7) is 3.66. The second kappa shape index (κ2) is 12.7. The van der Waals surface area contributed by atoms with E-state index in [2.05, 4.69) is 20.9 Å². The van der Waals surface area contributed by atoms with E-state index in [0.29, 0.717) is 27.2 Å². The molecular formula is C32H26BrF6N3O. The fourth-order valence-corrected chi connectivity index (χ4v) is 4.90. The number of aromatic nitrogens is 1. The zero-order chi connectivity index (χ0) is 31.5. The third kappa shape index (κ3) is 7.68. The number of hydrogen-bond acceptors (Lipinski definition) is 4. The molecule has 0 atom stereocenters. The smallest absolute Gasteiger partial charge is 0.416 e. The molecule has 4 nitrogen and oxygen atoms in total. The Bertz CT molecular complexity index is 1640. The molecule has 4 rings (SSSR count). The van der Waals surface area contributed by atoms with Crippen LogP contribution in [0.5, 0.6) is 5.75 Å². The zero-order valence-corrected chi connectivity index (χ0v) is 24.9. The van der Waals surface area contributed by atoms with Gasteiger partial charge in [-0.25, -0.2) is 4.98 Å². The van der Waals surface area contributed by atoms with Gasteiger partial charge in [-0.3, -0.25) is 0 Å². The van der Waals surface area contributed by atoms with E-state index in [1.165, 1.54) is 25.4 Å². The number of alkyl halides is 6. The molecule has 1 aromatic heterocycles. The lowest BCUT2D eigenvalue weighted by Gasteiger charge is -2.27. The summed E-state index contributed by atoms with van der Waals surface area (Å²) in [5, 5.41) is 9.38. The molecule has 1 heterocycles. The third-order valence-electron chi connectivity index (χ3n) is 6.83. The maximum Gasteiger partial charge on any atom is 0.416 e. The first kappa shape index (κ1) is 31.9. The second-order valence-electron chi connectivity index (χ2n) is 10.2. The van der Waals surface area contributed by atoms with Gasteiger partial charge in [0.2, 0.25) is 0 Å². The number of ether oxygens (including phenoxy) is 1. The number of anilines is 1. The van der Waals surface area contributed by atoms with Crippen LogP contribution in [0.1, 0.15) is 53.1 Å². The lowest BCUT2D eigenvalue weighted by molar-refractivity contribution is -0.138. The van der Waals surface area contributed by atoms with Crippen LogP contribution in [0.2, 0.25) is 0 Å². The molecule has 0 fully saturated rings. The standard InChI is InChI=1S/C32H26BrF6N3O/c1-19(2)22-4-8-29(43-3)28(14-22)27-7-5-24(31(34,35)36)13-23(27)18-42(30-9-6-26(33)16-41-30)17-21-10-20(15-40)11-25(12-21)32(37,38)39/h4-14,16,19H,17-18H2,1-3H3. The number of nitrogens with zero attached hydrogens (tertiary/aromatic N) is 3. The summed E-state index contributed by atoms with van der Waals surface area (Å²) in [5.41, 5.74) is 0.322. The molecule has 0 unspecified atom stereocenters. The highest BCUT2D eigenvalue weighted by molar-refractivity contribution is 9.10. The zero-order valence-electron chi connectivity index (χ0n) is 23.3. The minimum atomic E-state index is -4.70. The van der Waals surface area contributed by atoms with Gasteiger partial charge in [0.15, 0.2) is 0 Å². The van der Waals surface area contributed by atoms with Gasteiger partial charge in [0.05, 0.1) is 29.9 Å². The van der Waals surface area contributed by atoms with Crippen molar-refractivity contribution in [3.8, 4) is 22.9 Å². The maximum atomic E-state index is 13.9. The maximum absolute atomic E-state index is 13.9. The van der Waals surface area contributed by atoms with Gasteiger partial charge in [0.1, 0.15) is 11.6 Å². The minimum absolute atomic E-state index is 0.126. The fraction of sp³-hybridized carbons (Fsp3) is 0.250. The highest BCUT2D eigenvalue weighted by Crippen LogP contribution is 2.39. The van der Waals surface area contributed by atoms with E-state index in [0.717, 1.165) is 29.8 Å². The SMILES string of the molecule is COc1ccc(C(C)C)cc1-c1ccc(C(F)(F)F)cc1CN(Cc1cc(C#N)cc(C(F)(F)F)c1)c1ccc(Br)cn1. The monoisotopic (exact) mass is 661 g/mol. The molecule has 0 aliphatic carbocycles. The van der Waals surface area contributed by atoms with E-state index in [1.807, 2.05) is 26.0 Å². The van der Waals surface area contributed by atoms with Crippen LogP contribution >= 0.6 is 15.9 Å². The molecule has 4 aromatic rings. The molecule has 0 N–H and O–H groups in total. The van der Waals surface area contributed by atoms with Gasteiger partial charge in [-0.05, 0) is 98.7 Å². The molecule has 11 heteroatoms. The summed E-state index contributed by atoms with van der Waals surface area (Å²) in [4.78, 5) is 5.94. The van der Waals surface area contributed by atoms with Crippen molar-refractivity contribution in [2.75, 3.05) is 12.0 Å². The summed E-state index contributed by atoms with van der Waals surface area (Å²) in [7, 11) is 1.47. The Morgan fingerprint density at radius 2 is 1.58 bits per heavy atom. The van der Waals surface area contributed by atoms with Crippen molar-refractivity contribution in [2.45, 2.75) is 45.2 Å². The summed E-state index contributed by atoms with van der Waals surface area (Å²) >= 11 is 3.31. The lowest BCUT2D eigenvalue weighted by Crippen LogP contribution is -2.24. The summed E-state index contributed by atoms with van der Waals surface area (Å²) in [6, 6.07) is 17.0. The Labute approximate surface area is 253 Å². The predicted octanol–water partition coefficient (Wildman–Crippen LogP) is 9.76. The molecule has 0 amide bonds. The van der Waals surface area contributed by atoms with Crippen LogP contribution in [0.15, 0.2) is 77.4 Å². The molecule has 43 heavy (non-hydrogen) atoms. The molecule has 0 aliphatic rings. The second-order valence-corrected chi connectivity index (χ2v) is 11.1. The first-order valence-corrected chi connectivity index (χ1v) is 13.8. The van der Waals surface area contributed by atoms with E-state index in [9.17, 15) is 31.6 Å². The Kier molecular flexibility index (Phi) is 9.40. The Hall–Kier alpha value is -4.04. The molecule has 224 valence electrons. The van der Waals surface area contributed by atoms with Crippen molar-refractivity contribution in [3.63, 3.8) is 0 Å². The van der Waals surface area contributed by atoms with Crippen LogP contribution in [0.3, 0.4) is 0 Å². The average Bonchev–Trinajstić information content (AvgIpc) is 2.95. The predicted molar refractivity (Wildman–Crippen MR) is 156 cm³/mol. The molecule has 3 aromatic carbocycles.